The Labute approximate surface area is 67.4 Å². The molecule has 0 saturated heterocycles. The average Bonchev–Trinajstić information content (AvgIpc) is 1.89. The summed E-state index contributed by atoms with van der Waals surface area (Å²) in [4.78, 5) is 0. The minimum absolute atomic E-state index is 0.170. The molecule has 0 spiro atoms. The van der Waals surface area contributed by atoms with E-state index in [0.29, 0.717) is 0 Å². The number of hydrogen-bond acceptors (Lipinski definition) is 1. The third-order valence-electron chi connectivity index (χ3n) is 0.993. The van der Waals surface area contributed by atoms with Crippen LogP contribution in [-0.4, -0.2) is 16.6 Å². The maximum atomic E-state index is 9.24. The molecule has 0 saturated carbocycles. The van der Waals surface area contributed by atoms with E-state index in [-0.39, 0.29) is 5.88 Å². The number of aliphatic hydroxyl groups is 1. The van der Waals surface area contributed by atoms with E-state index in [1.807, 2.05) is 6.92 Å². The summed E-state index contributed by atoms with van der Waals surface area (Å²) in [6.45, 7) is 3.66. The Morgan fingerprint density at radius 3 is 2.60 bits per heavy atom. The summed E-state index contributed by atoms with van der Waals surface area (Å²) in [5.41, 5.74) is -1.00. The van der Waals surface area contributed by atoms with Gasteiger partial charge in [-0.05, 0) is 13.3 Å². The molecule has 1 N–H and O–H groups in total. The lowest BCUT2D eigenvalue weighted by Crippen LogP contribution is -2.23. The summed E-state index contributed by atoms with van der Waals surface area (Å²) in [6.07, 6.45) is 1.85. The van der Waals surface area contributed by atoms with E-state index < -0.39 is 5.60 Å². The molecular formula is C8H13ClO. The molecule has 0 amide bonds. The molecule has 1 unspecified atom stereocenters. The van der Waals surface area contributed by atoms with Crippen molar-refractivity contribution >= 4 is 11.6 Å². The predicted octanol–water partition coefficient (Wildman–Crippen LogP) is 1.78. The van der Waals surface area contributed by atoms with Crippen molar-refractivity contribution in [3.05, 3.63) is 0 Å². The first-order chi connectivity index (χ1) is 4.62. The van der Waals surface area contributed by atoms with E-state index in [9.17, 15) is 5.11 Å². The maximum absolute atomic E-state index is 9.24. The van der Waals surface area contributed by atoms with Gasteiger partial charge in [0.15, 0.2) is 0 Å². The summed E-state index contributed by atoms with van der Waals surface area (Å²) < 4.78 is 0. The van der Waals surface area contributed by atoms with Crippen LogP contribution >= 0.6 is 11.6 Å². The summed E-state index contributed by atoms with van der Waals surface area (Å²) in [5, 5.41) is 9.24. The van der Waals surface area contributed by atoms with Crippen molar-refractivity contribution in [3.8, 4) is 11.8 Å². The highest BCUT2D eigenvalue weighted by Crippen LogP contribution is 2.02. The van der Waals surface area contributed by atoms with Gasteiger partial charge in [0.2, 0.25) is 0 Å². The highest BCUT2D eigenvalue weighted by molar-refractivity contribution is 6.18. The normalized spacial score (nSPS) is 15.2. The lowest BCUT2D eigenvalue weighted by molar-refractivity contribution is 0.147. The number of unbranched alkanes of at least 4 members (excludes halogenated alkanes) is 1. The molecule has 0 aliphatic carbocycles. The summed E-state index contributed by atoms with van der Waals surface area (Å²) >= 11 is 5.42. The first kappa shape index (κ1) is 9.81. The zero-order chi connectivity index (χ0) is 8.04. The van der Waals surface area contributed by atoms with Crippen LogP contribution in [0, 0.1) is 11.8 Å². The molecule has 0 radical (unpaired) electrons. The highest BCUT2D eigenvalue weighted by atomic mass is 35.5. The van der Waals surface area contributed by atoms with Crippen molar-refractivity contribution in [1.82, 2.24) is 0 Å². The van der Waals surface area contributed by atoms with Crippen LogP contribution in [0.1, 0.15) is 26.7 Å². The molecule has 0 aromatic heterocycles. The molecule has 0 aliphatic heterocycles. The molecule has 0 aromatic carbocycles. The molecule has 0 heterocycles. The third kappa shape index (κ3) is 4.67. The molecule has 0 bridgehead atoms. The summed E-state index contributed by atoms with van der Waals surface area (Å²) in [6, 6.07) is 0. The lowest BCUT2D eigenvalue weighted by Gasteiger charge is -2.10. The van der Waals surface area contributed by atoms with Gasteiger partial charge in [0.05, 0.1) is 5.88 Å². The minimum atomic E-state index is -1.00. The molecule has 0 aliphatic rings. The van der Waals surface area contributed by atoms with Gasteiger partial charge in [0.1, 0.15) is 5.60 Å². The number of alkyl halides is 1. The van der Waals surface area contributed by atoms with Crippen LogP contribution in [0.3, 0.4) is 0 Å². The zero-order valence-electron chi connectivity index (χ0n) is 6.45. The largest absolute Gasteiger partial charge is 0.377 e. The van der Waals surface area contributed by atoms with Gasteiger partial charge in [-0.1, -0.05) is 12.8 Å². The van der Waals surface area contributed by atoms with E-state index in [2.05, 4.69) is 11.8 Å². The Balaban J connectivity index is 3.77. The van der Waals surface area contributed by atoms with Crippen LogP contribution in [0.15, 0.2) is 0 Å². The fourth-order valence-electron chi connectivity index (χ4n) is 0.411. The second-order valence-corrected chi connectivity index (χ2v) is 2.73. The number of hydrogen-bond donors (Lipinski definition) is 1. The van der Waals surface area contributed by atoms with E-state index in [4.69, 9.17) is 11.6 Å². The number of halogens is 1. The van der Waals surface area contributed by atoms with E-state index in [1.165, 1.54) is 0 Å². The molecule has 10 heavy (non-hydrogen) atoms. The van der Waals surface area contributed by atoms with Gasteiger partial charge in [-0.3, -0.25) is 0 Å². The second kappa shape index (κ2) is 4.60. The molecule has 0 fully saturated rings. The van der Waals surface area contributed by atoms with Crippen LogP contribution in [0.2, 0.25) is 0 Å². The topological polar surface area (TPSA) is 20.2 Å². The van der Waals surface area contributed by atoms with Gasteiger partial charge in [-0.15, -0.1) is 17.5 Å². The highest BCUT2D eigenvalue weighted by Gasteiger charge is 2.13. The van der Waals surface area contributed by atoms with Crippen molar-refractivity contribution < 1.29 is 5.11 Å². The van der Waals surface area contributed by atoms with Gasteiger partial charge in [-0.2, -0.15) is 0 Å². The fourth-order valence-corrected chi connectivity index (χ4v) is 0.478. The lowest BCUT2D eigenvalue weighted by atomic mass is 10.1. The summed E-state index contributed by atoms with van der Waals surface area (Å²) in [5.74, 6) is 5.70. The van der Waals surface area contributed by atoms with Crippen LogP contribution in [0.25, 0.3) is 0 Å². The van der Waals surface area contributed by atoms with E-state index in [0.717, 1.165) is 12.8 Å². The van der Waals surface area contributed by atoms with E-state index in [1.54, 1.807) is 6.92 Å². The fraction of sp³-hybridized carbons (Fsp3) is 0.750. The van der Waals surface area contributed by atoms with Crippen molar-refractivity contribution in [1.29, 1.82) is 0 Å². The molecule has 2 heteroatoms. The van der Waals surface area contributed by atoms with Crippen molar-refractivity contribution in [2.75, 3.05) is 5.88 Å². The molecule has 1 nitrogen and oxygen atoms in total. The maximum Gasteiger partial charge on any atom is 0.136 e. The Morgan fingerprint density at radius 1 is 1.60 bits per heavy atom. The van der Waals surface area contributed by atoms with Crippen molar-refractivity contribution in [2.24, 2.45) is 0 Å². The Bertz CT molecular complexity index is 141. The SMILES string of the molecule is CCCC#CC(C)(O)CCl. The molecular weight excluding hydrogens is 148 g/mol. The van der Waals surface area contributed by atoms with E-state index >= 15 is 0 Å². The predicted molar refractivity (Wildman–Crippen MR) is 44.0 cm³/mol. The second-order valence-electron chi connectivity index (χ2n) is 2.46. The Hall–Kier alpha value is -0.190. The van der Waals surface area contributed by atoms with Crippen molar-refractivity contribution in [3.63, 3.8) is 0 Å². The molecule has 1 atom stereocenters. The van der Waals surface area contributed by atoms with Crippen LogP contribution < -0.4 is 0 Å². The van der Waals surface area contributed by atoms with Gasteiger partial charge in [-0.25, -0.2) is 0 Å². The monoisotopic (exact) mass is 160 g/mol. The smallest absolute Gasteiger partial charge is 0.136 e. The molecule has 58 valence electrons. The van der Waals surface area contributed by atoms with Crippen LogP contribution in [-0.2, 0) is 0 Å². The van der Waals surface area contributed by atoms with Gasteiger partial charge >= 0.3 is 0 Å². The van der Waals surface area contributed by atoms with Crippen LogP contribution in [0.5, 0.6) is 0 Å². The third-order valence-corrected chi connectivity index (χ3v) is 1.51. The van der Waals surface area contributed by atoms with Gasteiger partial charge < -0.3 is 5.11 Å². The van der Waals surface area contributed by atoms with Crippen LogP contribution in [0.4, 0.5) is 0 Å². The zero-order valence-corrected chi connectivity index (χ0v) is 7.20. The van der Waals surface area contributed by atoms with Gasteiger partial charge in [0.25, 0.3) is 0 Å². The quantitative estimate of drug-likeness (QED) is 0.482. The Morgan fingerprint density at radius 2 is 2.20 bits per heavy atom. The standard InChI is InChI=1S/C8H13ClO/c1-3-4-5-6-8(2,10)7-9/h10H,3-4,7H2,1-2H3. The summed E-state index contributed by atoms with van der Waals surface area (Å²) in [7, 11) is 0. The van der Waals surface area contributed by atoms with Crippen molar-refractivity contribution in [2.45, 2.75) is 32.3 Å². The van der Waals surface area contributed by atoms with Gasteiger partial charge in [0, 0.05) is 6.42 Å². The molecule has 0 rings (SSSR count). The first-order valence-corrected chi connectivity index (χ1v) is 3.94. The first-order valence-electron chi connectivity index (χ1n) is 3.41. The molecule has 0 aromatic rings. The average molecular weight is 161 g/mol. The minimum Gasteiger partial charge on any atom is -0.377 e. The Kier molecular flexibility index (Phi) is 4.51. The number of rotatable bonds is 2.